The molecule has 0 spiro atoms. The standard InChI is InChI=1S/C36H47N3O2Si/c1-6-9-26-42(27-10-7-2,28-11-8-3)41-33-25-19-18-24-32(33)35(30-20-14-12-15-21-30)37-34-29(4)38(5)39(36(34)40)31-22-16-13-17-23-31/h12-25H,6-11,26-28H2,1-5H3. The minimum Gasteiger partial charge on any atom is -0.543 e. The van der Waals surface area contributed by atoms with Gasteiger partial charge in [-0.05, 0) is 49.3 Å². The molecule has 0 amide bonds. The van der Waals surface area contributed by atoms with E-state index in [9.17, 15) is 4.79 Å². The molecule has 4 rings (SSSR count). The van der Waals surface area contributed by atoms with Gasteiger partial charge < -0.3 is 4.43 Å². The van der Waals surface area contributed by atoms with Gasteiger partial charge in [0.2, 0.25) is 0 Å². The summed E-state index contributed by atoms with van der Waals surface area (Å²) in [5, 5.41) is 0. The summed E-state index contributed by atoms with van der Waals surface area (Å²) in [6.45, 7) is 8.79. The van der Waals surface area contributed by atoms with Crippen LogP contribution in [-0.2, 0) is 7.05 Å². The Labute approximate surface area is 253 Å². The van der Waals surface area contributed by atoms with Gasteiger partial charge in [0, 0.05) is 18.2 Å². The SMILES string of the molecule is CCCC[Si](CCCC)(CCCC)Oc1ccccc1C(=Nc1c(C)n(C)n(-c2ccccc2)c1=O)c1ccccc1. The Bertz CT molecular complexity index is 1480. The number of para-hydroxylation sites is 2. The molecule has 0 aliphatic carbocycles. The molecule has 0 atom stereocenters. The molecule has 3 aromatic carbocycles. The average Bonchev–Trinajstić information content (AvgIpc) is 3.24. The number of benzene rings is 3. The molecule has 5 nitrogen and oxygen atoms in total. The van der Waals surface area contributed by atoms with Gasteiger partial charge in [0.1, 0.15) is 5.75 Å². The van der Waals surface area contributed by atoms with Crippen LogP contribution in [0.3, 0.4) is 0 Å². The van der Waals surface area contributed by atoms with Crippen LogP contribution < -0.4 is 9.99 Å². The van der Waals surface area contributed by atoms with Crippen molar-refractivity contribution in [1.82, 2.24) is 9.36 Å². The number of nitrogens with zero attached hydrogens (tertiary/aromatic N) is 3. The first-order valence-corrected chi connectivity index (χ1v) is 18.2. The van der Waals surface area contributed by atoms with E-state index in [-0.39, 0.29) is 5.56 Å². The van der Waals surface area contributed by atoms with Crippen molar-refractivity contribution in [2.24, 2.45) is 12.0 Å². The van der Waals surface area contributed by atoms with E-state index in [1.54, 1.807) is 4.68 Å². The minimum atomic E-state index is -2.07. The zero-order chi connectivity index (χ0) is 30.0. The Hall–Kier alpha value is -3.64. The molecule has 0 bridgehead atoms. The highest BCUT2D eigenvalue weighted by molar-refractivity contribution is 6.74. The van der Waals surface area contributed by atoms with Crippen LogP contribution in [0.15, 0.2) is 94.7 Å². The molecule has 1 aromatic heterocycles. The summed E-state index contributed by atoms with van der Waals surface area (Å²) in [7, 11) is -0.151. The van der Waals surface area contributed by atoms with Crippen molar-refractivity contribution < 1.29 is 4.43 Å². The molecule has 0 saturated carbocycles. The fourth-order valence-electron chi connectivity index (χ4n) is 5.68. The van der Waals surface area contributed by atoms with E-state index in [4.69, 9.17) is 9.42 Å². The van der Waals surface area contributed by atoms with Gasteiger partial charge in [0.05, 0.1) is 17.1 Å². The predicted molar refractivity (Wildman–Crippen MR) is 179 cm³/mol. The van der Waals surface area contributed by atoms with Gasteiger partial charge in [0.15, 0.2) is 5.69 Å². The van der Waals surface area contributed by atoms with E-state index in [0.29, 0.717) is 5.69 Å². The summed E-state index contributed by atoms with van der Waals surface area (Å²) < 4.78 is 10.9. The zero-order valence-corrected chi connectivity index (χ0v) is 27.1. The summed E-state index contributed by atoms with van der Waals surface area (Å²) >= 11 is 0. The van der Waals surface area contributed by atoms with Crippen molar-refractivity contribution in [2.45, 2.75) is 84.4 Å². The van der Waals surface area contributed by atoms with Gasteiger partial charge in [-0.2, -0.15) is 0 Å². The van der Waals surface area contributed by atoms with Crippen LogP contribution in [0, 0.1) is 6.92 Å². The molecular formula is C36H47N3O2Si. The van der Waals surface area contributed by atoms with Crippen LogP contribution >= 0.6 is 0 Å². The van der Waals surface area contributed by atoms with Crippen molar-refractivity contribution in [2.75, 3.05) is 0 Å². The molecule has 0 saturated heterocycles. The highest BCUT2D eigenvalue weighted by Gasteiger charge is 2.36. The molecule has 222 valence electrons. The topological polar surface area (TPSA) is 48.5 Å². The Morgan fingerprint density at radius 2 is 1.29 bits per heavy atom. The van der Waals surface area contributed by atoms with Crippen LogP contribution in [0.4, 0.5) is 5.69 Å². The first-order valence-electron chi connectivity index (χ1n) is 15.7. The fraction of sp³-hybridized carbons (Fsp3) is 0.389. The Balaban J connectivity index is 1.89. The first-order chi connectivity index (χ1) is 20.4. The van der Waals surface area contributed by atoms with E-state index in [0.717, 1.165) is 34.0 Å². The van der Waals surface area contributed by atoms with Gasteiger partial charge in [-0.1, -0.05) is 120 Å². The second-order valence-electron chi connectivity index (χ2n) is 11.3. The monoisotopic (exact) mass is 581 g/mol. The molecular weight excluding hydrogens is 535 g/mol. The molecule has 0 N–H and O–H groups in total. The third kappa shape index (κ3) is 7.22. The van der Waals surface area contributed by atoms with Crippen LogP contribution in [-0.4, -0.2) is 23.4 Å². The third-order valence-corrected chi connectivity index (χ3v) is 12.7. The highest BCUT2D eigenvalue weighted by atomic mass is 28.4. The van der Waals surface area contributed by atoms with Gasteiger partial charge in [-0.25, -0.2) is 9.67 Å². The minimum absolute atomic E-state index is 0.134. The summed E-state index contributed by atoms with van der Waals surface area (Å²) in [6, 6.07) is 31.8. The van der Waals surface area contributed by atoms with Crippen molar-refractivity contribution in [3.63, 3.8) is 0 Å². The maximum absolute atomic E-state index is 13.9. The lowest BCUT2D eigenvalue weighted by Gasteiger charge is -2.33. The van der Waals surface area contributed by atoms with E-state index in [2.05, 4.69) is 51.1 Å². The van der Waals surface area contributed by atoms with E-state index < -0.39 is 8.32 Å². The summed E-state index contributed by atoms with van der Waals surface area (Å²) in [5.74, 6) is 0.895. The number of hydrogen-bond acceptors (Lipinski definition) is 3. The smallest absolute Gasteiger partial charge is 0.297 e. The lowest BCUT2D eigenvalue weighted by atomic mass is 10.0. The normalized spacial score (nSPS) is 12.1. The fourth-order valence-corrected chi connectivity index (χ4v) is 10.4. The van der Waals surface area contributed by atoms with E-state index >= 15 is 0 Å². The summed E-state index contributed by atoms with van der Waals surface area (Å²) in [6.07, 6.45) is 7.12. The molecule has 42 heavy (non-hydrogen) atoms. The van der Waals surface area contributed by atoms with Gasteiger partial charge in [0.25, 0.3) is 13.9 Å². The molecule has 6 heteroatoms. The molecule has 4 aromatic rings. The van der Waals surface area contributed by atoms with Gasteiger partial charge in [-0.15, -0.1) is 0 Å². The number of aromatic nitrogens is 2. The largest absolute Gasteiger partial charge is 0.543 e. The van der Waals surface area contributed by atoms with Crippen molar-refractivity contribution >= 4 is 19.7 Å². The molecule has 0 aliphatic rings. The number of aliphatic imine (C=N–C) groups is 1. The number of rotatable bonds is 15. The van der Waals surface area contributed by atoms with Crippen molar-refractivity contribution in [1.29, 1.82) is 0 Å². The van der Waals surface area contributed by atoms with Crippen LogP contribution in [0.5, 0.6) is 5.75 Å². The highest BCUT2D eigenvalue weighted by Crippen LogP contribution is 2.34. The van der Waals surface area contributed by atoms with E-state index in [1.165, 1.54) is 56.7 Å². The van der Waals surface area contributed by atoms with Crippen LogP contribution in [0.1, 0.15) is 76.1 Å². The third-order valence-electron chi connectivity index (χ3n) is 8.22. The van der Waals surface area contributed by atoms with Gasteiger partial charge in [-0.3, -0.25) is 9.48 Å². The predicted octanol–water partition coefficient (Wildman–Crippen LogP) is 9.38. The average molecular weight is 582 g/mol. The van der Waals surface area contributed by atoms with Crippen LogP contribution in [0.2, 0.25) is 18.1 Å². The Morgan fingerprint density at radius 3 is 1.86 bits per heavy atom. The van der Waals surface area contributed by atoms with E-state index in [1.807, 2.05) is 73.3 Å². The Morgan fingerprint density at radius 1 is 0.762 bits per heavy atom. The molecule has 0 aliphatic heterocycles. The van der Waals surface area contributed by atoms with Crippen LogP contribution in [0.25, 0.3) is 5.69 Å². The number of unbranched alkanes of at least 4 members (excludes halogenated alkanes) is 3. The lowest BCUT2D eigenvalue weighted by Crippen LogP contribution is -2.42. The maximum atomic E-state index is 13.9. The lowest BCUT2D eigenvalue weighted by molar-refractivity contribution is 0.510. The molecule has 0 radical (unpaired) electrons. The summed E-state index contributed by atoms with van der Waals surface area (Å²) in [5.41, 5.74) is 4.62. The second-order valence-corrected chi connectivity index (χ2v) is 15.4. The Kier molecular flexibility index (Phi) is 11.2. The zero-order valence-electron chi connectivity index (χ0n) is 26.1. The molecule has 1 heterocycles. The maximum Gasteiger partial charge on any atom is 0.297 e. The molecule has 0 unspecified atom stereocenters. The van der Waals surface area contributed by atoms with Crippen molar-refractivity contribution in [3.8, 4) is 11.4 Å². The van der Waals surface area contributed by atoms with Gasteiger partial charge >= 0.3 is 0 Å². The number of hydrogen-bond donors (Lipinski definition) is 0. The first kappa shape index (κ1) is 31.3. The van der Waals surface area contributed by atoms with Crippen molar-refractivity contribution in [3.05, 3.63) is 112 Å². The summed E-state index contributed by atoms with van der Waals surface area (Å²) in [4.78, 5) is 19.1. The second kappa shape index (κ2) is 15.0. The molecule has 0 fully saturated rings. The quantitative estimate of drug-likeness (QED) is 0.104.